The summed E-state index contributed by atoms with van der Waals surface area (Å²) in [5.41, 5.74) is 3.72. The van der Waals surface area contributed by atoms with Crippen molar-refractivity contribution in [3.05, 3.63) is 64.4 Å². The molecule has 2 heterocycles. The molecule has 12 nitrogen and oxygen atoms in total. The summed E-state index contributed by atoms with van der Waals surface area (Å²) in [6.45, 7) is 7.60. The molecule has 0 N–H and O–H groups in total. The minimum Gasteiger partial charge on any atom is -0.726 e. The highest BCUT2D eigenvalue weighted by molar-refractivity contribution is 7.81. The van der Waals surface area contributed by atoms with Crippen LogP contribution in [0.4, 0.5) is 0 Å². The van der Waals surface area contributed by atoms with Crippen LogP contribution in [0.25, 0.3) is 0 Å². The maximum Gasteiger partial charge on any atom is 0.399 e. The first-order valence-electron chi connectivity index (χ1n) is 8.71. The summed E-state index contributed by atoms with van der Waals surface area (Å²) < 4.78 is 61.2. The van der Waals surface area contributed by atoms with E-state index in [1.165, 1.54) is 0 Å². The molecule has 2 aromatic rings. The Bertz CT molecular complexity index is 976. The highest BCUT2D eigenvalue weighted by atomic mass is 32.3. The lowest BCUT2D eigenvalue weighted by Gasteiger charge is -2.00. The zero-order valence-electron chi connectivity index (χ0n) is 19.3. The van der Waals surface area contributed by atoms with E-state index in [-0.39, 0.29) is 0 Å². The van der Waals surface area contributed by atoms with Gasteiger partial charge in [-0.05, 0) is 12.1 Å². The SMILES string of the molecule is COS(=O)(=O)OC.COS(=O)(=O)[O-].CO[n+]1c(C)cccc1C.Cc1cccc(C)[n+]1[O-]. The topological polar surface area (TPSA) is 159 Å². The Labute approximate surface area is 189 Å². The molecule has 0 aliphatic heterocycles. The van der Waals surface area contributed by atoms with E-state index in [4.69, 9.17) is 4.84 Å². The molecule has 14 heteroatoms. The van der Waals surface area contributed by atoms with Crippen molar-refractivity contribution in [2.24, 2.45) is 0 Å². The van der Waals surface area contributed by atoms with E-state index in [0.29, 0.717) is 0 Å². The minimum absolute atomic E-state index is 0.745. The lowest BCUT2D eigenvalue weighted by atomic mass is 10.3. The third-order valence-electron chi connectivity index (χ3n) is 3.43. The van der Waals surface area contributed by atoms with Crippen LogP contribution in [-0.2, 0) is 33.3 Å². The molecule has 0 spiro atoms. The quantitative estimate of drug-likeness (QED) is 0.247. The van der Waals surface area contributed by atoms with Crippen LogP contribution in [-0.4, -0.2) is 49.8 Å². The summed E-state index contributed by atoms with van der Waals surface area (Å²) in [5, 5.41) is 10.9. The first-order valence-corrected chi connectivity index (χ1v) is 11.4. The van der Waals surface area contributed by atoms with Gasteiger partial charge in [0.25, 0.3) is 0 Å². The van der Waals surface area contributed by atoms with E-state index >= 15 is 0 Å². The molecule has 0 saturated heterocycles. The molecule has 0 bridgehead atoms. The second kappa shape index (κ2) is 15.4. The summed E-state index contributed by atoms with van der Waals surface area (Å²) >= 11 is 0. The van der Waals surface area contributed by atoms with Crippen LogP contribution in [0.5, 0.6) is 0 Å². The highest BCUT2D eigenvalue weighted by Gasteiger charge is 2.08. The maximum atomic E-state index is 10.9. The molecule has 2 rings (SSSR count). The summed E-state index contributed by atoms with van der Waals surface area (Å²) in [6.07, 6.45) is 0. The van der Waals surface area contributed by atoms with Crippen molar-refractivity contribution >= 4 is 20.8 Å². The molecule has 0 atom stereocenters. The van der Waals surface area contributed by atoms with Crippen LogP contribution in [0, 0.1) is 32.9 Å². The molecule has 32 heavy (non-hydrogen) atoms. The van der Waals surface area contributed by atoms with Crippen LogP contribution < -0.4 is 14.3 Å². The first kappa shape index (κ1) is 31.8. The number of hydrogen-bond donors (Lipinski definition) is 0. The van der Waals surface area contributed by atoms with E-state index in [0.717, 1.165) is 48.8 Å². The number of nitrogens with zero attached hydrogens (tertiary/aromatic N) is 2. The Balaban J connectivity index is 0. The number of aromatic nitrogens is 2. The van der Waals surface area contributed by atoms with E-state index in [9.17, 15) is 26.6 Å². The van der Waals surface area contributed by atoms with Crippen LogP contribution in [0.3, 0.4) is 0 Å². The molecule has 0 aromatic carbocycles. The average Bonchev–Trinajstić information content (AvgIpc) is 2.73. The third-order valence-corrected chi connectivity index (χ3v) is 4.65. The summed E-state index contributed by atoms with van der Waals surface area (Å²) in [4.78, 5) is 5.09. The Morgan fingerprint density at radius 1 is 0.688 bits per heavy atom. The molecule has 0 unspecified atom stereocenters. The normalized spacial score (nSPS) is 10.4. The molecule has 0 fully saturated rings. The summed E-state index contributed by atoms with van der Waals surface area (Å²) in [5.74, 6) is 0. The molecule has 0 aliphatic rings. The summed E-state index contributed by atoms with van der Waals surface area (Å²) in [7, 11) is -3.54. The molecule has 184 valence electrons. The molecule has 0 radical (unpaired) electrons. The van der Waals surface area contributed by atoms with Gasteiger partial charge in [0.2, 0.25) is 21.8 Å². The fraction of sp³-hybridized carbons (Fsp3) is 0.444. The van der Waals surface area contributed by atoms with Crippen molar-refractivity contribution < 1.29 is 48.2 Å². The zero-order chi connectivity index (χ0) is 25.5. The smallest absolute Gasteiger partial charge is 0.399 e. The van der Waals surface area contributed by atoms with Gasteiger partial charge in [-0.2, -0.15) is 13.1 Å². The standard InChI is InChI=1S/C8H12NO.C7H9NO.C2H6O4S.CH4O4S/c1-7-5-4-6-8(2)9(7)10-3;1-6-4-3-5-7(2)8(6)9;1-5-7(3,4)6-2;1-5-6(2,3)4/h4-6H,1-3H3;3-5H,1-2H3;1-2H3;1H3,(H,2,3,4)/q+1;;;/p-1. The van der Waals surface area contributed by atoms with E-state index in [2.05, 4.69) is 12.5 Å². The van der Waals surface area contributed by atoms with Gasteiger partial charge < -0.3 is 9.76 Å². The molecule has 0 saturated carbocycles. The number of pyridine rings is 2. The lowest BCUT2D eigenvalue weighted by Crippen LogP contribution is -2.45. The molecule has 0 amide bonds. The second-order valence-electron chi connectivity index (χ2n) is 5.70. The number of hydrogen-bond acceptors (Lipinski definition) is 10. The third kappa shape index (κ3) is 14.6. The molecular weight excluding hydrogens is 468 g/mol. The predicted octanol–water partition coefficient (Wildman–Crippen LogP) is 0.203. The van der Waals surface area contributed by atoms with Crippen molar-refractivity contribution in [3.63, 3.8) is 0 Å². The van der Waals surface area contributed by atoms with Gasteiger partial charge in [-0.15, -0.1) is 0 Å². The van der Waals surface area contributed by atoms with Crippen molar-refractivity contribution in [2.75, 3.05) is 28.4 Å². The zero-order valence-corrected chi connectivity index (χ0v) is 20.9. The number of rotatable bonds is 4. The largest absolute Gasteiger partial charge is 0.726 e. The van der Waals surface area contributed by atoms with Gasteiger partial charge in [-0.1, -0.05) is 0 Å². The van der Waals surface area contributed by atoms with Crippen LogP contribution >= 0.6 is 0 Å². The van der Waals surface area contributed by atoms with Crippen LogP contribution in [0.2, 0.25) is 0 Å². The van der Waals surface area contributed by atoms with Gasteiger partial charge >= 0.3 is 10.4 Å². The van der Waals surface area contributed by atoms with Gasteiger partial charge in [0.05, 0.1) is 21.3 Å². The Morgan fingerprint density at radius 3 is 1.16 bits per heavy atom. The second-order valence-corrected chi connectivity index (χ2v) is 8.34. The first-order chi connectivity index (χ1) is 14.7. The summed E-state index contributed by atoms with van der Waals surface area (Å²) in [6, 6.07) is 11.5. The number of aryl methyl sites for hydroxylation is 4. The van der Waals surface area contributed by atoms with E-state index < -0.39 is 20.8 Å². The molecule has 0 aliphatic carbocycles. The van der Waals surface area contributed by atoms with Crippen molar-refractivity contribution in [1.29, 1.82) is 0 Å². The van der Waals surface area contributed by atoms with Gasteiger partial charge in [0.1, 0.15) is 7.11 Å². The molecule has 2 aromatic heterocycles. The van der Waals surface area contributed by atoms with E-state index in [1.807, 2.05) is 38.1 Å². The average molecular weight is 499 g/mol. The van der Waals surface area contributed by atoms with Gasteiger partial charge in [-0.3, -0.25) is 17.4 Å². The van der Waals surface area contributed by atoms with E-state index in [1.54, 1.807) is 37.8 Å². The van der Waals surface area contributed by atoms with Crippen LogP contribution in [0.1, 0.15) is 22.8 Å². The van der Waals surface area contributed by atoms with Crippen molar-refractivity contribution in [2.45, 2.75) is 27.7 Å². The fourth-order valence-electron chi connectivity index (χ4n) is 1.84. The predicted molar refractivity (Wildman–Crippen MR) is 113 cm³/mol. The van der Waals surface area contributed by atoms with Crippen molar-refractivity contribution in [3.8, 4) is 0 Å². The van der Waals surface area contributed by atoms with Gasteiger partial charge in [-0.25, -0.2) is 8.42 Å². The fourth-order valence-corrected chi connectivity index (χ4v) is 1.97. The Kier molecular flexibility index (Phi) is 15.4. The maximum absolute atomic E-state index is 10.9. The van der Waals surface area contributed by atoms with Gasteiger partial charge in [0.15, 0.2) is 11.4 Å². The monoisotopic (exact) mass is 498 g/mol. The lowest BCUT2D eigenvalue weighted by molar-refractivity contribution is -0.893. The Morgan fingerprint density at radius 2 is 1.00 bits per heavy atom. The van der Waals surface area contributed by atoms with Crippen molar-refractivity contribution in [1.82, 2.24) is 0 Å². The van der Waals surface area contributed by atoms with Crippen LogP contribution in [0.15, 0.2) is 36.4 Å². The molecular formula is C18H30N2O10S2. The highest BCUT2D eigenvalue weighted by Crippen LogP contribution is 1.92. The Hall–Kier alpha value is -2.36. The van der Waals surface area contributed by atoms with Gasteiger partial charge in [0, 0.05) is 56.7 Å². The minimum atomic E-state index is -4.41.